The number of hydrogen-bond acceptors (Lipinski definition) is 4. The fourth-order valence-corrected chi connectivity index (χ4v) is 1.00. The van der Waals surface area contributed by atoms with E-state index in [1.54, 1.807) is 0 Å². The fourth-order valence-electron chi connectivity index (χ4n) is 1.00. The molecule has 0 aliphatic rings. The number of nitrogens with two attached hydrogens (primary N) is 1. The molecule has 0 bridgehead atoms. The molecule has 0 fully saturated rings. The van der Waals surface area contributed by atoms with Crippen LogP contribution in [0.4, 0.5) is 4.39 Å². The predicted molar refractivity (Wildman–Crippen MR) is 51.9 cm³/mol. The van der Waals surface area contributed by atoms with Gasteiger partial charge >= 0.3 is 5.97 Å². The van der Waals surface area contributed by atoms with Crippen LogP contribution in [0.15, 0.2) is 24.3 Å². The van der Waals surface area contributed by atoms with Crippen LogP contribution in [0.5, 0.6) is 5.75 Å². The van der Waals surface area contributed by atoms with Gasteiger partial charge in [0, 0.05) is 6.54 Å². The highest BCUT2D eigenvalue weighted by atomic mass is 19.1. The van der Waals surface area contributed by atoms with Gasteiger partial charge in [-0.25, -0.2) is 9.18 Å². The summed E-state index contributed by atoms with van der Waals surface area (Å²) in [5, 5.41) is 0. The van der Waals surface area contributed by atoms with Crippen molar-refractivity contribution in [3.8, 4) is 5.75 Å². The lowest BCUT2D eigenvalue weighted by molar-refractivity contribution is -0.148. The van der Waals surface area contributed by atoms with Crippen LogP contribution in [0.3, 0.4) is 0 Å². The summed E-state index contributed by atoms with van der Waals surface area (Å²) in [5.74, 6) is -0.552. The minimum atomic E-state index is -0.861. The Morgan fingerprint density at radius 2 is 2.07 bits per heavy atom. The van der Waals surface area contributed by atoms with Gasteiger partial charge in [0.15, 0.2) is 0 Å². The second-order valence-electron chi connectivity index (χ2n) is 2.82. The zero-order chi connectivity index (χ0) is 11.3. The van der Waals surface area contributed by atoms with Crippen molar-refractivity contribution in [1.29, 1.82) is 0 Å². The molecule has 0 radical (unpaired) electrons. The summed E-state index contributed by atoms with van der Waals surface area (Å²) < 4.78 is 22.2. The van der Waals surface area contributed by atoms with Gasteiger partial charge in [-0.2, -0.15) is 0 Å². The molecule has 5 heteroatoms. The summed E-state index contributed by atoms with van der Waals surface area (Å²) in [6.07, 6.45) is -0.861. The van der Waals surface area contributed by atoms with E-state index >= 15 is 0 Å². The predicted octanol–water partition coefficient (Wildman–Crippen LogP) is 0.705. The molecule has 0 aromatic heterocycles. The molecule has 1 atom stereocenters. The monoisotopic (exact) mass is 213 g/mol. The van der Waals surface area contributed by atoms with Gasteiger partial charge in [0.25, 0.3) is 0 Å². The summed E-state index contributed by atoms with van der Waals surface area (Å²) in [7, 11) is 1.25. The quantitative estimate of drug-likeness (QED) is 0.748. The molecular weight excluding hydrogens is 201 g/mol. The molecule has 0 saturated carbocycles. The average Bonchev–Trinajstić information content (AvgIpc) is 2.27. The summed E-state index contributed by atoms with van der Waals surface area (Å²) in [6, 6.07) is 5.31. The van der Waals surface area contributed by atoms with E-state index in [4.69, 9.17) is 10.5 Å². The minimum absolute atomic E-state index is 0.00402. The number of hydrogen-bond donors (Lipinski definition) is 1. The van der Waals surface area contributed by atoms with E-state index in [9.17, 15) is 9.18 Å². The zero-order valence-corrected chi connectivity index (χ0v) is 8.27. The molecule has 1 rings (SSSR count). The normalized spacial score (nSPS) is 11.9. The smallest absolute Gasteiger partial charge is 0.348 e. The Morgan fingerprint density at radius 3 is 2.53 bits per heavy atom. The lowest BCUT2D eigenvalue weighted by Crippen LogP contribution is -2.35. The second-order valence-corrected chi connectivity index (χ2v) is 2.82. The van der Waals surface area contributed by atoms with Crippen LogP contribution in [0, 0.1) is 5.82 Å². The molecule has 1 aromatic carbocycles. The topological polar surface area (TPSA) is 61.5 Å². The van der Waals surface area contributed by atoms with E-state index in [1.807, 2.05) is 0 Å². The van der Waals surface area contributed by atoms with Crippen LogP contribution in [-0.4, -0.2) is 25.7 Å². The first-order valence-electron chi connectivity index (χ1n) is 4.37. The highest BCUT2D eigenvalue weighted by Gasteiger charge is 2.18. The van der Waals surface area contributed by atoms with E-state index in [2.05, 4.69) is 4.74 Å². The number of methoxy groups -OCH3 is 1. The van der Waals surface area contributed by atoms with Crippen molar-refractivity contribution in [2.45, 2.75) is 6.10 Å². The number of rotatable bonds is 4. The maximum Gasteiger partial charge on any atom is 0.348 e. The summed E-state index contributed by atoms with van der Waals surface area (Å²) >= 11 is 0. The van der Waals surface area contributed by atoms with E-state index < -0.39 is 12.1 Å². The van der Waals surface area contributed by atoms with Crippen LogP contribution in [0.2, 0.25) is 0 Å². The van der Waals surface area contributed by atoms with Gasteiger partial charge in [-0.05, 0) is 24.3 Å². The standard InChI is InChI=1S/C10H12FNO3/c1-14-10(13)9(6-12)15-8-4-2-7(11)3-5-8/h2-5,9H,6,12H2,1H3/t9-/m1/s1. The van der Waals surface area contributed by atoms with Gasteiger partial charge in [0.2, 0.25) is 6.10 Å². The maximum absolute atomic E-state index is 12.6. The Kier molecular flexibility index (Phi) is 4.05. The van der Waals surface area contributed by atoms with E-state index in [-0.39, 0.29) is 12.4 Å². The Morgan fingerprint density at radius 1 is 1.47 bits per heavy atom. The van der Waals surface area contributed by atoms with Crippen molar-refractivity contribution in [2.75, 3.05) is 13.7 Å². The second kappa shape index (κ2) is 5.31. The van der Waals surface area contributed by atoms with Crippen LogP contribution >= 0.6 is 0 Å². The minimum Gasteiger partial charge on any atom is -0.477 e. The Labute approximate surface area is 86.8 Å². The molecule has 15 heavy (non-hydrogen) atoms. The van der Waals surface area contributed by atoms with Crippen molar-refractivity contribution in [3.05, 3.63) is 30.1 Å². The number of halogens is 1. The molecule has 82 valence electrons. The fraction of sp³-hybridized carbons (Fsp3) is 0.300. The number of carbonyl (C=O) groups excluding carboxylic acids is 1. The number of benzene rings is 1. The molecule has 0 heterocycles. The third-order valence-electron chi connectivity index (χ3n) is 1.77. The number of carbonyl (C=O) groups is 1. The molecule has 0 aliphatic heterocycles. The van der Waals surface area contributed by atoms with Gasteiger partial charge in [-0.3, -0.25) is 0 Å². The zero-order valence-electron chi connectivity index (χ0n) is 8.27. The highest BCUT2D eigenvalue weighted by molar-refractivity contribution is 5.75. The highest BCUT2D eigenvalue weighted by Crippen LogP contribution is 2.13. The van der Waals surface area contributed by atoms with Crippen molar-refractivity contribution in [1.82, 2.24) is 0 Å². The SMILES string of the molecule is COC(=O)[C@@H](CN)Oc1ccc(F)cc1. The molecule has 2 N–H and O–H groups in total. The molecular formula is C10H12FNO3. The first-order chi connectivity index (χ1) is 7.17. The number of esters is 1. The van der Waals surface area contributed by atoms with Gasteiger partial charge < -0.3 is 15.2 Å². The van der Waals surface area contributed by atoms with E-state index in [1.165, 1.54) is 31.4 Å². The molecule has 0 amide bonds. The molecule has 0 unspecified atom stereocenters. The third-order valence-corrected chi connectivity index (χ3v) is 1.77. The summed E-state index contributed by atoms with van der Waals surface area (Å²) in [4.78, 5) is 11.1. The first kappa shape index (κ1) is 11.5. The molecule has 0 aliphatic carbocycles. The average molecular weight is 213 g/mol. The Balaban J connectivity index is 2.66. The van der Waals surface area contributed by atoms with Crippen molar-refractivity contribution >= 4 is 5.97 Å². The maximum atomic E-state index is 12.6. The Bertz CT molecular complexity index is 326. The van der Waals surface area contributed by atoms with Crippen LogP contribution < -0.4 is 10.5 Å². The molecule has 1 aromatic rings. The van der Waals surface area contributed by atoms with Gasteiger partial charge in [0.05, 0.1) is 7.11 Å². The largest absolute Gasteiger partial charge is 0.477 e. The van der Waals surface area contributed by atoms with Crippen molar-refractivity contribution in [2.24, 2.45) is 5.73 Å². The van der Waals surface area contributed by atoms with Crippen molar-refractivity contribution in [3.63, 3.8) is 0 Å². The van der Waals surface area contributed by atoms with Crippen LogP contribution in [0.25, 0.3) is 0 Å². The van der Waals surface area contributed by atoms with E-state index in [0.717, 1.165) is 0 Å². The molecule has 0 saturated heterocycles. The van der Waals surface area contributed by atoms with E-state index in [0.29, 0.717) is 5.75 Å². The third kappa shape index (κ3) is 3.21. The lowest BCUT2D eigenvalue weighted by atomic mass is 10.3. The lowest BCUT2D eigenvalue weighted by Gasteiger charge is -2.14. The van der Waals surface area contributed by atoms with Gasteiger partial charge in [-0.15, -0.1) is 0 Å². The summed E-state index contributed by atoms with van der Waals surface area (Å²) in [5.41, 5.74) is 5.33. The van der Waals surface area contributed by atoms with Gasteiger partial charge in [0.1, 0.15) is 11.6 Å². The van der Waals surface area contributed by atoms with Crippen LogP contribution in [-0.2, 0) is 9.53 Å². The first-order valence-corrected chi connectivity index (χ1v) is 4.37. The summed E-state index contributed by atoms with van der Waals surface area (Å²) in [6.45, 7) is 0.00402. The van der Waals surface area contributed by atoms with Crippen molar-refractivity contribution < 1.29 is 18.7 Å². The Hall–Kier alpha value is -1.62. The van der Waals surface area contributed by atoms with Gasteiger partial charge in [-0.1, -0.05) is 0 Å². The van der Waals surface area contributed by atoms with Crippen LogP contribution in [0.1, 0.15) is 0 Å². The molecule has 4 nitrogen and oxygen atoms in total. The molecule has 0 spiro atoms. The number of ether oxygens (including phenoxy) is 2.